The Kier molecular flexibility index (Phi) is 6.79. The molecule has 4 aromatic rings. The Balaban J connectivity index is 1.53. The standard InChI is InChI=1S/C24H19N5O4S/c1-16-6-2-5-9-21(16)28-23(31)19-7-3-4-8-20(19)26-24(28)34-15-22(30)27-25-14-17-10-12-18(13-11-17)29(32)33/h2-14H,15H2,1H3,(H,27,30). The molecule has 34 heavy (non-hydrogen) atoms. The van der Waals surface area contributed by atoms with Crippen LogP contribution in [0.3, 0.4) is 0 Å². The third-order valence-corrected chi connectivity index (χ3v) is 5.88. The average molecular weight is 474 g/mol. The first-order valence-electron chi connectivity index (χ1n) is 10.2. The zero-order chi connectivity index (χ0) is 24.1. The number of hydrazone groups is 1. The number of non-ortho nitro benzene ring substituents is 1. The van der Waals surface area contributed by atoms with Crippen LogP contribution in [0.5, 0.6) is 0 Å². The Labute approximate surface area is 198 Å². The lowest BCUT2D eigenvalue weighted by Gasteiger charge is -2.14. The third kappa shape index (κ3) is 5.02. The van der Waals surface area contributed by atoms with Gasteiger partial charge in [-0.1, -0.05) is 42.1 Å². The van der Waals surface area contributed by atoms with Gasteiger partial charge in [-0.3, -0.25) is 24.3 Å². The first-order valence-corrected chi connectivity index (χ1v) is 11.2. The van der Waals surface area contributed by atoms with Gasteiger partial charge < -0.3 is 0 Å². The molecule has 0 aliphatic heterocycles. The molecule has 1 heterocycles. The van der Waals surface area contributed by atoms with Crippen LogP contribution in [0.1, 0.15) is 11.1 Å². The molecular weight excluding hydrogens is 454 g/mol. The number of aromatic nitrogens is 2. The van der Waals surface area contributed by atoms with Crippen LogP contribution >= 0.6 is 11.8 Å². The zero-order valence-electron chi connectivity index (χ0n) is 18.0. The van der Waals surface area contributed by atoms with E-state index < -0.39 is 4.92 Å². The van der Waals surface area contributed by atoms with Gasteiger partial charge in [0.1, 0.15) is 0 Å². The van der Waals surface area contributed by atoms with Crippen molar-refractivity contribution >= 4 is 40.5 Å². The highest BCUT2D eigenvalue weighted by Crippen LogP contribution is 2.23. The van der Waals surface area contributed by atoms with E-state index in [1.54, 1.807) is 24.3 Å². The second kappa shape index (κ2) is 10.1. The van der Waals surface area contributed by atoms with Crippen LogP contribution in [0.15, 0.2) is 87.8 Å². The molecule has 0 bridgehead atoms. The van der Waals surface area contributed by atoms with Gasteiger partial charge in [-0.15, -0.1) is 0 Å². The molecular formula is C24H19N5O4S. The number of amides is 1. The fourth-order valence-corrected chi connectivity index (χ4v) is 4.06. The van der Waals surface area contributed by atoms with Crippen molar-refractivity contribution in [2.75, 3.05) is 5.75 Å². The van der Waals surface area contributed by atoms with E-state index >= 15 is 0 Å². The highest BCUT2D eigenvalue weighted by atomic mass is 32.2. The maximum absolute atomic E-state index is 13.3. The molecule has 0 saturated heterocycles. The lowest BCUT2D eigenvalue weighted by atomic mass is 10.2. The van der Waals surface area contributed by atoms with Crippen LogP contribution in [0.2, 0.25) is 0 Å². The van der Waals surface area contributed by atoms with E-state index in [0.29, 0.717) is 27.3 Å². The summed E-state index contributed by atoms with van der Waals surface area (Å²) in [6.45, 7) is 1.91. The van der Waals surface area contributed by atoms with E-state index in [2.05, 4.69) is 15.5 Å². The number of hydrogen-bond donors (Lipinski definition) is 1. The summed E-state index contributed by atoms with van der Waals surface area (Å²) >= 11 is 1.13. The number of nitrogens with zero attached hydrogens (tertiary/aromatic N) is 4. The minimum Gasteiger partial charge on any atom is -0.272 e. The van der Waals surface area contributed by atoms with Crippen molar-refractivity contribution in [2.45, 2.75) is 12.1 Å². The molecule has 4 rings (SSSR count). The van der Waals surface area contributed by atoms with Crippen LogP contribution < -0.4 is 11.0 Å². The van der Waals surface area contributed by atoms with Crippen LogP contribution in [-0.2, 0) is 4.79 Å². The number of fused-ring (bicyclic) bond motifs is 1. The van der Waals surface area contributed by atoms with Crippen molar-refractivity contribution in [3.8, 4) is 5.69 Å². The quantitative estimate of drug-likeness (QED) is 0.143. The van der Waals surface area contributed by atoms with Gasteiger partial charge in [-0.05, 0) is 48.4 Å². The molecule has 10 heteroatoms. The van der Waals surface area contributed by atoms with Crippen molar-refractivity contribution in [1.29, 1.82) is 0 Å². The molecule has 9 nitrogen and oxygen atoms in total. The van der Waals surface area contributed by atoms with E-state index in [0.717, 1.165) is 17.3 Å². The summed E-state index contributed by atoms with van der Waals surface area (Å²) < 4.78 is 1.52. The number of nitro benzene ring substituents is 1. The molecule has 0 spiro atoms. The first-order chi connectivity index (χ1) is 16.4. The largest absolute Gasteiger partial charge is 0.272 e. The number of carbonyl (C=O) groups excluding carboxylic acids is 1. The van der Waals surface area contributed by atoms with Gasteiger partial charge in [0.25, 0.3) is 17.2 Å². The Morgan fingerprint density at radius 1 is 1.12 bits per heavy atom. The summed E-state index contributed by atoms with van der Waals surface area (Å²) in [5.74, 6) is -0.407. The molecule has 0 fully saturated rings. The van der Waals surface area contributed by atoms with Crippen molar-refractivity contribution in [3.63, 3.8) is 0 Å². The van der Waals surface area contributed by atoms with Gasteiger partial charge in [0, 0.05) is 12.1 Å². The summed E-state index contributed by atoms with van der Waals surface area (Å²) in [5, 5.41) is 15.5. The maximum Gasteiger partial charge on any atom is 0.269 e. The van der Waals surface area contributed by atoms with Crippen LogP contribution in [0.4, 0.5) is 5.69 Å². The number of aryl methyl sites for hydroxylation is 1. The van der Waals surface area contributed by atoms with Gasteiger partial charge >= 0.3 is 0 Å². The van der Waals surface area contributed by atoms with Crippen molar-refractivity contribution in [2.24, 2.45) is 5.10 Å². The number of nitro groups is 1. The fraction of sp³-hybridized carbons (Fsp3) is 0.0833. The topological polar surface area (TPSA) is 119 Å². The molecule has 3 aromatic carbocycles. The summed E-state index contributed by atoms with van der Waals surface area (Å²) in [6.07, 6.45) is 1.39. The molecule has 0 aliphatic carbocycles. The lowest BCUT2D eigenvalue weighted by Crippen LogP contribution is -2.24. The molecule has 0 radical (unpaired) electrons. The Morgan fingerprint density at radius 3 is 2.56 bits per heavy atom. The highest BCUT2D eigenvalue weighted by molar-refractivity contribution is 7.99. The number of carbonyl (C=O) groups is 1. The zero-order valence-corrected chi connectivity index (χ0v) is 18.9. The number of hydrogen-bond acceptors (Lipinski definition) is 7. The molecule has 1 amide bonds. The Bertz CT molecular complexity index is 1460. The van der Waals surface area contributed by atoms with Gasteiger partial charge in [0.05, 0.1) is 33.5 Å². The highest BCUT2D eigenvalue weighted by Gasteiger charge is 2.15. The Morgan fingerprint density at radius 2 is 1.82 bits per heavy atom. The number of benzene rings is 3. The SMILES string of the molecule is Cc1ccccc1-n1c(SCC(=O)NN=Cc2ccc([N+](=O)[O-])cc2)nc2ccccc2c1=O. The smallest absolute Gasteiger partial charge is 0.269 e. The molecule has 0 saturated carbocycles. The van der Waals surface area contributed by atoms with Crippen molar-refractivity contribution < 1.29 is 9.72 Å². The summed E-state index contributed by atoms with van der Waals surface area (Å²) in [5.41, 5.74) is 4.94. The predicted octanol–water partition coefficient (Wildman–Crippen LogP) is 3.84. The second-order valence-electron chi connectivity index (χ2n) is 7.27. The van der Waals surface area contributed by atoms with Gasteiger partial charge in [0.15, 0.2) is 5.16 Å². The number of rotatable bonds is 7. The van der Waals surface area contributed by atoms with E-state index in [1.807, 2.05) is 31.2 Å². The minimum absolute atomic E-state index is 0.0196. The molecule has 170 valence electrons. The van der Waals surface area contributed by atoms with Gasteiger partial charge in [0.2, 0.25) is 0 Å². The van der Waals surface area contributed by atoms with E-state index in [1.165, 1.54) is 35.0 Å². The lowest BCUT2D eigenvalue weighted by molar-refractivity contribution is -0.384. The van der Waals surface area contributed by atoms with Crippen LogP contribution in [0.25, 0.3) is 16.6 Å². The van der Waals surface area contributed by atoms with E-state index in [-0.39, 0.29) is 22.9 Å². The molecule has 0 unspecified atom stereocenters. The second-order valence-corrected chi connectivity index (χ2v) is 8.21. The van der Waals surface area contributed by atoms with Gasteiger partial charge in [-0.2, -0.15) is 5.10 Å². The van der Waals surface area contributed by atoms with Crippen LogP contribution in [0, 0.1) is 17.0 Å². The Hall–Kier alpha value is -4.31. The molecule has 0 aliphatic rings. The van der Waals surface area contributed by atoms with Gasteiger partial charge in [-0.25, -0.2) is 10.4 Å². The van der Waals surface area contributed by atoms with Crippen molar-refractivity contribution in [3.05, 3.63) is 104 Å². The monoisotopic (exact) mass is 473 g/mol. The van der Waals surface area contributed by atoms with Crippen molar-refractivity contribution in [1.82, 2.24) is 15.0 Å². The fourth-order valence-electron chi connectivity index (χ4n) is 3.26. The first kappa shape index (κ1) is 22.9. The number of nitrogens with one attached hydrogen (secondary N) is 1. The minimum atomic E-state index is -0.489. The third-order valence-electron chi connectivity index (χ3n) is 4.94. The predicted molar refractivity (Wildman–Crippen MR) is 132 cm³/mol. The average Bonchev–Trinajstić information content (AvgIpc) is 2.84. The molecule has 1 aromatic heterocycles. The maximum atomic E-state index is 13.3. The molecule has 1 N–H and O–H groups in total. The molecule has 0 atom stereocenters. The summed E-state index contributed by atoms with van der Waals surface area (Å²) in [7, 11) is 0. The van der Waals surface area contributed by atoms with Crippen LogP contribution in [-0.4, -0.2) is 32.3 Å². The number of para-hydroxylation sites is 2. The number of thioether (sulfide) groups is 1. The summed E-state index contributed by atoms with van der Waals surface area (Å²) in [6, 6.07) is 20.3. The van der Waals surface area contributed by atoms with E-state index in [9.17, 15) is 19.7 Å². The normalized spacial score (nSPS) is 11.1. The van der Waals surface area contributed by atoms with E-state index in [4.69, 9.17) is 0 Å². The summed E-state index contributed by atoms with van der Waals surface area (Å²) in [4.78, 5) is 40.5.